The van der Waals surface area contributed by atoms with Gasteiger partial charge in [-0.15, -0.1) is 0 Å². The summed E-state index contributed by atoms with van der Waals surface area (Å²) in [7, 11) is 0. The lowest BCUT2D eigenvalue weighted by Gasteiger charge is -2.51. The van der Waals surface area contributed by atoms with Crippen LogP contribution in [0.2, 0.25) is 0 Å². The van der Waals surface area contributed by atoms with Crippen LogP contribution in [0.15, 0.2) is 12.1 Å². The third-order valence-electron chi connectivity index (χ3n) is 8.62. The molecule has 2 amide bonds. The minimum absolute atomic E-state index is 0.0504. The number of carbonyl (C=O) groups excluding carboxylic acids is 2. The highest BCUT2D eigenvalue weighted by atomic mass is 19.1. The third kappa shape index (κ3) is 5.52. The molecule has 4 fully saturated rings. The first-order chi connectivity index (χ1) is 16.8. The van der Waals surface area contributed by atoms with Crippen molar-refractivity contribution in [2.45, 2.75) is 70.0 Å². The van der Waals surface area contributed by atoms with E-state index in [1.165, 1.54) is 37.8 Å². The SMILES string of the molecule is NC1CC2(CCN(CC3CCN(c4c(F)cc(CNC5CCC(=O)NC5=O)cc4F)CC3)CC2)C1. The fourth-order valence-electron chi connectivity index (χ4n) is 6.53. The van der Waals surface area contributed by atoms with Gasteiger partial charge in [-0.25, -0.2) is 8.78 Å². The van der Waals surface area contributed by atoms with Crippen molar-refractivity contribution < 1.29 is 18.4 Å². The maximum absolute atomic E-state index is 14.9. The largest absolute Gasteiger partial charge is 0.367 e. The average Bonchev–Trinajstić information content (AvgIpc) is 2.80. The van der Waals surface area contributed by atoms with E-state index in [0.29, 0.717) is 42.4 Å². The number of nitrogens with one attached hydrogen (secondary N) is 2. The number of amides is 2. The zero-order valence-corrected chi connectivity index (χ0v) is 20.3. The van der Waals surface area contributed by atoms with Crippen molar-refractivity contribution >= 4 is 17.5 Å². The van der Waals surface area contributed by atoms with E-state index >= 15 is 0 Å². The number of anilines is 1. The van der Waals surface area contributed by atoms with Crippen LogP contribution in [0.5, 0.6) is 0 Å². The molecule has 4 aliphatic rings. The van der Waals surface area contributed by atoms with Crippen LogP contribution in [0.25, 0.3) is 0 Å². The maximum Gasteiger partial charge on any atom is 0.243 e. The number of hydrogen-bond donors (Lipinski definition) is 3. The molecule has 0 bridgehead atoms. The predicted molar refractivity (Wildman–Crippen MR) is 130 cm³/mol. The summed E-state index contributed by atoms with van der Waals surface area (Å²) < 4.78 is 29.9. The van der Waals surface area contributed by atoms with E-state index in [1.807, 2.05) is 4.90 Å². The fourth-order valence-corrected chi connectivity index (χ4v) is 6.53. The standard InChI is InChI=1S/C26H37F2N5O2/c27-20-11-18(15-30-22-1-2-23(34)31-25(22)35)12-21(28)24(20)33-7-3-17(4-8-33)16-32-9-5-26(6-10-32)13-19(29)14-26/h11-12,17,19,22,30H,1-10,13-16,29H2,(H,31,34,35). The Morgan fingerprint density at radius 1 is 1.03 bits per heavy atom. The topological polar surface area (TPSA) is 90.7 Å². The number of imide groups is 1. The lowest BCUT2D eigenvalue weighted by molar-refractivity contribution is -0.134. The Morgan fingerprint density at radius 3 is 2.29 bits per heavy atom. The van der Waals surface area contributed by atoms with Gasteiger partial charge in [0, 0.05) is 38.6 Å². The molecule has 3 aliphatic heterocycles. The number of likely N-dealkylation sites (tertiary alicyclic amines) is 1. The number of hydrogen-bond acceptors (Lipinski definition) is 6. The van der Waals surface area contributed by atoms with Gasteiger partial charge in [0.2, 0.25) is 11.8 Å². The zero-order chi connectivity index (χ0) is 24.6. The Bertz CT molecular complexity index is 926. The molecule has 1 atom stereocenters. The number of nitrogens with zero attached hydrogens (tertiary/aromatic N) is 2. The Balaban J connectivity index is 1.10. The average molecular weight is 490 g/mol. The van der Waals surface area contributed by atoms with Gasteiger partial charge in [-0.05, 0) is 87.1 Å². The first kappa shape index (κ1) is 24.6. The van der Waals surface area contributed by atoms with Crippen LogP contribution in [-0.4, -0.2) is 61.5 Å². The van der Waals surface area contributed by atoms with Crippen molar-refractivity contribution in [3.63, 3.8) is 0 Å². The van der Waals surface area contributed by atoms with Crippen LogP contribution in [0.1, 0.15) is 56.9 Å². The van der Waals surface area contributed by atoms with Gasteiger partial charge in [-0.2, -0.15) is 0 Å². The summed E-state index contributed by atoms with van der Waals surface area (Å²) in [5.41, 5.74) is 7.02. The van der Waals surface area contributed by atoms with Gasteiger partial charge in [-0.1, -0.05) is 0 Å². The number of halogens is 2. The molecule has 0 radical (unpaired) electrons. The van der Waals surface area contributed by atoms with Crippen LogP contribution in [0, 0.1) is 23.0 Å². The third-order valence-corrected chi connectivity index (χ3v) is 8.62. The molecule has 0 aromatic heterocycles. The van der Waals surface area contributed by atoms with E-state index in [0.717, 1.165) is 32.5 Å². The van der Waals surface area contributed by atoms with Crippen molar-refractivity contribution in [2.24, 2.45) is 17.1 Å². The van der Waals surface area contributed by atoms with E-state index < -0.39 is 23.6 Å². The zero-order valence-electron chi connectivity index (χ0n) is 20.3. The first-order valence-electron chi connectivity index (χ1n) is 13.1. The van der Waals surface area contributed by atoms with Crippen molar-refractivity contribution in [3.05, 3.63) is 29.3 Å². The van der Waals surface area contributed by atoms with E-state index in [4.69, 9.17) is 5.73 Å². The van der Waals surface area contributed by atoms with Gasteiger partial charge in [-0.3, -0.25) is 14.9 Å². The van der Waals surface area contributed by atoms with Gasteiger partial charge >= 0.3 is 0 Å². The lowest BCUT2D eigenvalue weighted by atomic mass is 9.60. The second kappa shape index (κ2) is 10.1. The molecule has 35 heavy (non-hydrogen) atoms. The van der Waals surface area contributed by atoms with Crippen LogP contribution in [0.3, 0.4) is 0 Å². The summed E-state index contributed by atoms with van der Waals surface area (Å²) in [4.78, 5) is 27.5. The summed E-state index contributed by atoms with van der Waals surface area (Å²) in [6.45, 7) is 4.82. The van der Waals surface area contributed by atoms with Crippen LogP contribution >= 0.6 is 0 Å². The first-order valence-corrected chi connectivity index (χ1v) is 13.1. The molecule has 7 nitrogen and oxygen atoms in total. The second-order valence-electron chi connectivity index (χ2n) is 11.2. The van der Waals surface area contributed by atoms with Crippen molar-refractivity contribution in [1.82, 2.24) is 15.5 Å². The predicted octanol–water partition coefficient (Wildman–Crippen LogP) is 2.28. The van der Waals surface area contributed by atoms with Crippen molar-refractivity contribution in [2.75, 3.05) is 37.6 Å². The summed E-state index contributed by atoms with van der Waals surface area (Å²) in [6, 6.07) is 2.56. The second-order valence-corrected chi connectivity index (χ2v) is 11.2. The molecule has 4 N–H and O–H groups in total. The molecule has 3 heterocycles. The van der Waals surface area contributed by atoms with Gasteiger partial charge in [0.25, 0.3) is 0 Å². The quantitative estimate of drug-likeness (QED) is 0.532. The monoisotopic (exact) mass is 489 g/mol. The summed E-state index contributed by atoms with van der Waals surface area (Å²) in [5.74, 6) is -1.25. The molecular formula is C26H37F2N5O2. The minimum Gasteiger partial charge on any atom is -0.367 e. The number of nitrogens with two attached hydrogens (primary N) is 1. The number of benzene rings is 1. The van der Waals surface area contributed by atoms with E-state index in [-0.39, 0.29) is 24.6 Å². The lowest BCUT2D eigenvalue weighted by Crippen LogP contribution is -2.52. The highest BCUT2D eigenvalue weighted by Gasteiger charge is 2.44. The molecule has 9 heteroatoms. The highest BCUT2D eigenvalue weighted by molar-refractivity contribution is 6.00. The number of rotatable bonds is 6. The van der Waals surface area contributed by atoms with Gasteiger partial charge in [0.15, 0.2) is 0 Å². The summed E-state index contributed by atoms with van der Waals surface area (Å²) in [5, 5.41) is 5.28. The molecule has 1 saturated carbocycles. The number of piperidine rings is 3. The van der Waals surface area contributed by atoms with Gasteiger partial charge < -0.3 is 20.9 Å². The van der Waals surface area contributed by atoms with Crippen LogP contribution < -0.4 is 21.3 Å². The van der Waals surface area contributed by atoms with Gasteiger partial charge in [0.1, 0.15) is 17.3 Å². The molecule has 192 valence electrons. The maximum atomic E-state index is 14.9. The van der Waals surface area contributed by atoms with Crippen LogP contribution in [-0.2, 0) is 16.1 Å². The fraction of sp³-hybridized carbons (Fsp3) is 0.692. The molecule has 1 aromatic carbocycles. The Kier molecular flexibility index (Phi) is 7.10. The molecule has 1 unspecified atom stereocenters. The molecule has 1 spiro atoms. The molecular weight excluding hydrogens is 452 g/mol. The molecule has 1 aromatic rings. The van der Waals surface area contributed by atoms with Gasteiger partial charge in [0.05, 0.1) is 6.04 Å². The molecule has 3 saturated heterocycles. The normalized spacial score (nSPS) is 26.1. The van der Waals surface area contributed by atoms with Crippen LogP contribution in [0.4, 0.5) is 14.5 Å². The van der Waals surface area contributed by atoms with E-state index in [1.54, 1.807) is 0 Å². The van der Waals surface area contributed by atoms with Crippen molar-refractivity contribution in [1.29, 1.82) is 0 Å². The van der Waals surface area contributed by atoms with E-state index in [2.05, 4.69) is 15.5 Å². The Labute approximate surface area is 205 Å². The van der Waals surface area contributed by atoms with E-state index in [9.17, 15) is 18.4 Å². The molecule has 1 aliphatic carbocycles. The number of carbonyl (C=O) groups is 2. The summed E-state index contributed by atoms with van der Waals surface area (Å²) in [6.07, 6.45) is 7.38. The Morgan fingerprint density at radius 2 is 1.69 bits per heavy atom. The van der Waals surface area contributed by atoms with Crippen molar-refractivity contribution in [3.8, 4) is 0 Å². The molecule has 5 rings (SSSR count). The summed E-state index contributed by atoms with van der Waals surface area (Å²) >= 11 is 0. The highest BCUT2D eigenvalue weighted by Crippen LogP contribution is 2.48. The minimum atomic E-state index is -0.566. The Hall–Kier alpha value is -2.10. The smallest absolute Gasteiger partial charge is 0.243 e.